The highest BCUT2D eigenvalue weighted by Gasteiger charge is 2.24. The lowest BCUT2D eigenvalue weighted by molar-refractivity contribution is -0.116. The van der Waals surface area contributed by atoms with E-state index in [1.807, 2.05) is 0 Å². The Kier molecular flexibility index (Phi) is 7.41. The summed E-state index contributed by atoms with van der Waals surface area (Å²) in [5, 5.41) is 19.7. The molecule has 1 aliphatic heterocycles. The lowest BCUT2D eigenvalue weighted by Crippen LogP contribution is -2.47. The number of carbonyl (C=O) groups excluding carboxylic acids is 2. The number of carbonyl (C=O) groups is 2. The molecule has 0 bridgehead atoms. The smallest absolute Gasteiger partial charge is 0.269 e. The number of amides is 2. The lowest BCUT2D eigenvalue weighted by Gasteiger charge is -2.34. The Hall–Kier alpha value is -2.49. The van der Waals surface area contributed by atoms with Gasteiger partial charge in [0, 0.05) is 31.4 Å². The van der Waals surface area contributed by atoms with Gasteiger partial charge in [-0.15, -0.1) is 0 Å². The number of aromatic nitrogens is 3. The van der Waals surface area contributed by atoms with E-state index in [4.69, 9.17) is 11.6 Å². The number of likely N-dealkylation sites (tertiary alicyclic amines) is 1. The Morgan fingerprint density at radius 3 is 2.63 bits per heavy atom. The number of piperidine rings is 1. The van der Waals surface area contributed by atoms with E-state index in [0.29, 0.717) is 22.6 Å². The van der Waals surface area contributed by atoms with Crippen LogP contribution in [-0.4, -0.2) is 61.8 Å². The van der Waals surface area contributed by atoms with Crippen LogP contribution < -0.4 is 10.6 Å². The minimum atomic E-state index is -0.392. The topological polar surface area (TPSA) is 112 Å². The van der Waals surface area contributed by atoms with Crippen LogP contribution >= 0.6 is 11.6 Å². The van der Waals surface area contributed by atoms with Crippen molar-refractivity contribution in [3.05, 3.63) is 40.8 Å². The van der Waals surface area contributed by atoms with E-state index >= 15 is 0 Å². The molecule has 0 aromatic carbocycles. The third-order valence-corrected chi connectivity index (χ3v) is 5.33. The first-order valence-electron chi connectivity index (χ1n) is 9.99. The van der Waals surface area contributed by atoms with Crippen molar-refractivity contribution < 1.29 is 14.7 Å². The fraction of sp³-hybridized carbons (Fsp3) is 0.500. The van der Waals surface area contributed by atoms with Crippen molar-refractivity contribution in [3.63, 3.8) is 0 Å². The summed E-state index contributed by atoms with van der Waals surface area (Å²) in [4.78, 5) is 31.6. The zero-order valence-electron chi connectivity index (χ0n) is 17.1. The molecule has 3 heterocycles. The predicted molar refractivity (Wildman–Crippen MR) is 113 cm³/mol. The first-order valence-corrected chi connectivity index (χ1v) is 10.4. The fourth-order valence-electron chi connectivity index (χ4n) is 3.44. The molecule has 3 rings (SSSR count). The summed E-state index contributed by atoms with van der Waals surface area (Å²) < 4.78 is 1.30. The highest BCUT2D eigenvalue weighted by atomic mass is 35.5. The molecule has 0 spiro atoms. The van der Waals surface area contributed by atoms with Crippen LogP contribution in [0.3, 0.4) is 0 Å². The van der Waals surface area contributed by atoms with Crippen molar-refractivity contribution in [3.8, 4) is 0 Å². The van der Waals surface area contributed by atoms with Gasteiger partial charge in [-0.2, -0.15) is 5.10 Å². The molecule has 2 aromatic rings. The quantitative estimate of drug-likeness (QED) is 0.611. The average molecular weight is 435 g/mol. The van der Waals surface area contributed by atoms with Crippen LogP contribution in [0.4, 0.5) is 5.82 Å². The van der Waals surface area contributed by atoms with Crippen LogP contribution in [0, 0.1) is 0 Å². The zero-order chi connectivity index (χ0) is 21.7. The van der Waals surface area contributed by atoms with Crippen molar-refractivity contribution in [1.29, 1.82) is 0 Å². The predicted octanol–water partition coefficient (Wildman–Crippen LogP) is 1.67. The van der Waals surface area contributed by atoms with Crippen LogP contribution in [0.25, 0.3) is 0 Å². The molecular weight excluding hydrogens is 408 g/mol. The average Bonchev–Trinajstić information content (AvgIpc) is 3.13. The maximum Gasteiger partial charge on any atom is 0.269 e. The van der Waals surface area contributed by atoms with E-state index in [1.54, 1.807) is 12.1 Å². The Labute approximate surface area is 180 Å². The fourth-order valence-corrected chi connectivity index (χ4v) is 3.55. The van der Waals surface area contributed by atoms with Crippen molar-refractivity contribution in [1.82, 2.24) is 25.0 Å². The number of pyridine rings is 1. The normalized spacial score (nSPS) is 15.4. The van der Waals surface area contributed by atoms with E-state index in [0.717, 1.165) is 25.9 Å². The van der Waals surface area contributed by atoms with Gasteiger partial charge in [-0.1, -0.05) is 11.6 Å². The van der Waals surface area contributed by atoms with Crippen molar-refractivity contribution in [2.45, 2.75) is 51.9 Å². The molecule has 0 saturated carbocycles. The summed E-state index contributed by atoms with van der Waals surface area (Å²) in [5.41, 5.74) is 0.566. The first-order chi connectivity index (χ1) is 14.4. The molecule has 0 aliphatic carbocycles. The lowest BCUT2D eigenvalue weighted by atomic mass is 10.0. The van der Waals surface area contributed by atoms with Gasteiger partial charge in [0.25, 0.3) is 5.91 Å². The van der Waals surface area contributed by atoms with Gasteiger partial charge < -0.3 is 20.6 Å². The Morgan fingerprint density at radius 2 is 2.03 bits per heavy atom. The summed E-state index contributed by atoms with van der Waals surface area (Å²) >= 11 is 5.80. The summed E-state index contributed by atoms with van der Waals surface area (Å²) in [7, 11) is 0. The van der Waals surface area contributed by atoms with E-state index in [-0.39, 0.29) is 30.8 Å². The monoisotopic (exact) mass is 434 g/mol. The number of rotatable bonds is 7. The molecule has 2 amide bonds. The molecule has 162 valence electrons. The van der Waals surface area contributed by atoms with Gasteiger partial charge in [0.05, 0.1) is 17.3 Å². The number of halogens is 1. The Balaban J connectivity index is 1.63. The van der Waals surface area contributed by atoms with Gasteiger partial charge in [-0.05, 0) is 44.9 Å². The van der Waals surface area contributed by atoms with Gasteiger partial charge in [0.15, 0.2) is 0 Å². The van der Waals surface area contributed by atoms with E-state index in [2.05, 4.69) is 39.5 Å². The van der Waals surface area contributed by atoms with Crippen molar-refractivity contribution in [2.24, 2.45) is 0 Å². The standard InChI is InChI=1S/C20H27ClN6O3/c1-13(2)26-7-5-15(6-8-26)23-20(30)17-9-16(12-28)25-27(17)11-19(29)24-18-4-3-14(21)10-22-18/h3-4,9-10,13,15,28H,5-8,11-12H2,1-2H3,(H,23,30)(H,22,24,29). The molecule has 0 atom stereocenters. The molecule has 1 aliphatic rings. The van der Waals surface area contributed by atoms with Gasteiger partial charge in [0.2, 0.25) is 5.91 Å². The number of hydrogen-bond acceptors (Lipinski definition) is 6. The first kappa shape index (κ1) is 22.2. The highest BCUT2D eigenvalue weighted by Crippen LogP contribution is 2.15. The van der Waals surface area contributed by atoms with Crippen LogP contribution in [0.15, 0.2) is 24.4 Å². The molecule has 0 radical (unpaired) electrons. The molecule has 1 saturated heterocycles. The van der Waals surface area contributed by atoms with Gasteiger partial charge in [-0.25, -0.2) is 4.98 Å². The Morgan fingerprint density at radius 1 is 1.30 bits per heavy atom. The van der Waals surface area contributed by atoms with Crippen LogP contribution in [-0.2, 0) is 17.9 Å². The molecule has 2 aromatic heterocycles. The number of nitrogens with zero attached hydrogens (tertiary/aromatic N) is 4. The third kappa shape index (κ3) is 5.78. The third-order valence-electron chi connectivity index (χ3n) is 5.11. The SMILES string of the molecule is CC(C)N1CCC(NC(=O)c2cc(CO)nn2CC(=O)Nc2ccc(Cl)cn2)CC1. The maximum absolute atomic E-state index is 12.8. The minimum Gasteiger partial charge on any atom is -0.390 e. The zero-order valence-corrected chi connectivity index (χ0v) is 17.9. The van der Waals surface area contributed by atoms with Crippen LogP contribution in [0.2, 0.25) is 5.02 Å². The molecule has 0 unspecified atom stereocenters. The number of nitrogens with one attached hydrogen (secondary N) is 2. The van der Waals surface area contributed by atoms with E-state index < -0.39 is 5.91 Å². The number of hydrogen-bond donors (Lipinski definition) is 3. The molecule has 9 nitrogen and oxygen atoms in total. The Bertz CT molecular complexity index is 875. The van der Waals surface area contributed by atoms with Crippen molar-refractivity contribution >= 4 is 29.2 Å². The molecule has 10 heteroatoms. The van der Waals surface area contributed by atoms with Gasteiger partial charge in [-0.3, -0.25) is 14.3 Å². The largest absolute Gasteiger partial charge is 0.390 e. The second-order valence-electron chi connectivity index (χ2n) is 7.62. The molecule has 1 fully saturated rings. The second kappa shape index (κ2) is 10.0. The second-order valence-corrected chi connectivity index (χ2v) is 8.06. The number of anilines is 1. The van der Waals surface area contributed by atoms with Gasteiger partial charge in [0.1, 0.15) is 18.1 Å². The number of aliphatic hydroxyl groups excluding tert-OH is 1. The molecule has 30 heavy (non-hydrogen) atoms. The number of aliphatic hydroxyl groups is 1. The van der Waals surface area contributed by atoms with Crippen LogP contribution in [0.5, 0.6) is 0 Å². The van der Waals surface area contributed by atoms with E-state index in [1.165, 1.54) is 16.9 Å². The summed E-state index contributed by atoms with van der Waals surface area (Å²) in [5.74, 6) is -0.346. The highest BCUT2D eigenvalue weighted by molar-refractivity contribution is 6.30. The van der Waals surface area contributed by atoms with Gasteiger partial charge >= 0.3 is 0 Å². The van der Waals surface area contributed by atoms with Crippen LogP contribution in [0.1, 0.15) is 42.9 Å². The molecule has 3 N–H and O–H groups in total. The summed E-state index contributed by atoms with van der Waals surface area (Å²) in [6.45, 7) is 5.69. The van der Waals surface area contributed by atoms with E-state index in [9.17, 15) is 14.7 Å². The molecular formula is C20H27ClN6O3. The maximum atomic E-state index is 12.8. The summed E-state index contributed by atoms with van der Waals surface area (Å²) in [6, 6.07) is 5.27. The summed E-state index contributed by atoms with van der Waals surface area (Å²) in [6.07, 6.45) is 3.17. The van der Waals surface area contributed by atoms with Crippen molar-refractivity contribution in [2.75, 3.05) is 18.4 Å². The minimum absolute atomic E-state index is 0.0699.